The van der Waals surface area contributed by atoms with Gasteiger partial charge in [0.25, 0.3) is 11.7 Å². The van der Waals surface area contributed by atoms with Crippen molar-refractivity contribution in [3.8, 4) is 0 Å². The maximum atomic E-state index is 14.5. The lowest BCUT2D eigenvalue weighted by molar-refractivity contribution is -0.139. The zero-order chi connectivity index (χ0) is 19.7. The molecule has 1 saturated heterocycles. The van der Waals surface area contributed by atoms with E-state index in [0.717, 1.165) is 11.1 Å². The molecule has 2 aromatic rings. The second kappa shape index (κ2) is 7.35. The van der Waals surface area contributed by atoms with Crippen LogP contribution in [0.1, 0.15) is 41.6 Å². The Labute approximate surface area is 157 Å². The molecule has 3 rings (SSSR count). The monoisotopic (exact) mass is 367 g/mol. The van der Waals surface area contributed by atoms with Gasteiger partial charge in [0.1, 0.15) is 11.6 Å². The van der Waals surface area contributed by atoms with Crippen LogP contribution in [0.2, 0.25) is 0 Å². The fourth-order valence-electron chi connectivity index (χ4n) is 3.51. The summed E-state index contributed by atoms with van der Waals surface area (Å²) in [5.41, 5.74) is 2.30. The highest BCUT2D eigenvalue weighted by atomic mass is 19.1. The van der Waals surface area contributed by atoms with Crippen LogP contribution in [0, 0.1) is 19.7 Å². The van der Waals surface area contributed by atoms with Gasteiger partial charge >= 0.3 is 0 Å². The number of amides is 1. The fraction of sp³-hybridized carbons (Fsp3) is 0.273. The van der Waals surface area contributed by atoms with Crippen molar-refractivity contribution in [1.82, 2.24) is 4.90 Å². The molecule has 0 saturated carbocycles. The lowest BCUT2D eigenvalue weighted by Gasteiger charge is -2.25. The normalized spacial score (nSPS) is 19.0. The molecule has 4 nitrogen and oxygen atoms in total. The first-order chi connectivity index (χ1) is 12.9. The van der Waals surface area contributed by atoms with Crippen molar-refractivity contribution in [3.05, 3.63) is 76.1 Å². The third kappa shape index (κ3) is 3.25. The molecule has 1 fully saturated rings. The van der Waals surface area contributed by atoms with Gasteiger partial charge in [0.15, 0.2) is 0 Å². The number of carbonyl (C=O) groups is 2. The van der Waals surface area contributed by atoms with Crippen LogP contribution in [0.3, 0.4) is 0 Å². The Morgan fingerprint density at radius 3 is 2.52 bits per heavy atom. The predicted octanol–water partition coefficient (Wildman–Crippen LogP) is 4.27. The summed E-state index contributed by atoms with van der Waals surface area (Å²) in [4.78, 5) is 26.7. The maximum Gasteiger partial charge on any atom is 0.295 e. The Morgan fingerprint density at radius 1 is 1.15 bits per heavy atom. The topological polar surface area (TPSA) is 57.6 Å². The number of hydrogen-bond acceptors (Lipinski definition) is 3. The number of aliphatic hydroxyl groups is 1. The van der Waals surface area contributed by atoms with Crippen molar-refractivity contribution in [2.45, 2.75) is 33.2 Å². The van der Waals surface area contributed by atoms with Crippen LogP contribution in [-0.2, 0) is 9.59 Å². The second-order valence-electron chi connectivity index (χ2n) is 6.83. The van der Waals surface area contributed by atoms with Gasteiger partial charge in [-0.2, -0.15) is 0 Å². The molecule has 1 N–H and O–H groups in total. The van der Waals surface area contributed by atoms with Crippen LogP contribution in [0.4, 0.5) is 4.39 Å². The number of ketones is 1. The van der Waals surface area contributed by atoms with Crippen molar-refractivity contribution in [2.24, 2.45) is 0 Å². The molecule has 0 bridgehead atoms. The van der Waals surface area contributed by atoms with Crippen LogP contribution < -0.4 is 0 Å². The van der Waals surface area contributed by atoms with Gasteiger partial charge in [-0.1, -0.05) is 42.8 Å². The highest BCUT2D eigenvalue weighted by Gasteiger charge is 2.46. The average Bonchev–Trinajstić information content (AvgIpc) is 2.89. The first kappa shape index (κ1) is 18.8. The van der Waals surface area contributed by atoms with E-state index in [-0.39, 0.29) is 16.9 Å². The molecule has 0 spiro atoms. The summed E-state index contributed by atoms with van der Waals surface area (Å²) in [6, 6.07) is 10.6. The van der Waals surface area contributed by atoms with Crippen LogP contribution in [0.5, 0.6) is 0 Å². The molecule has 0 radical (unpaired) electrons. The number of carbonyl (C=O) groups excluding carboxylic acids is 2. The van der Waals surface area contributed by atoms with Gasteiger partial charge in [0.2, 0.25) is 0 Å². The number of rotatable bonds is 4. The van der Waals surface area contributed by atoms with Gasteiger partial charge in [-0.05, 0) is 38.0 Å². The van der Waals surface area contributed by atoms with E-state index in [1.54, 1.807) is 24.3 Å². The number of nitrogens with zero attached hydrogens (tertiary/aromatic N) is 1. The third-order valence-corrected chi connectivity index (χ3v) is 4.85. The highest BCUT2D eigenvalue weighted by Crippen LogP contribution is 2.40. The number of likely N-dealkylation sites (tertiary alicyclic amines) is 1. The first-order valence-electron chi connectivity index (χ1n) is 8.97. The Kier molecular flexibility index (Phi) is 5.13. The molecular formula is C22H22FNO3. The highest BCUT2D eigenvalue weighted by molar-refractivity contribution is 6.46. The summed E-state index contributed by atoms with van der Waals surface area (Å²) in [7, 11) is 0. The number of aliphatic hydroxyl groups excluding tert-OH is 1. The van der Waals surface area contributed by atoms with E-state index < -0.39 is 23.5 Å². The summed E-state index contributed by atoms with van der Waals surface area (Å²) in [6.07, 6.45) is 0.613. The zero-order valence-corrected chi connectivity index (χ0v) is 15.6. The summed E-state index contributed by atoms with van der Waals surface area (Å²) in [6.45, 7) is 5.87. The fourth-order valence-corrected chi connectivity index (χ4v) is 3.51. The molecule has 0 aliphatic carbocycles. The number of hydrogen-bond donors (Lipinski definition) is 1. The van der Waals surface area contributed by atoms with E-state index in [9.17, 15) is 19.1 Å². The van der Waals surface area contributed by atoms with Crippen molar-refractivity contribution in [3.63, 3.8) is 0 Å². The van der Waals surface area contributed by atoms with E-state index in [0.29, 0.717) is 18.5 Å². The maximum absolute atomic E-state index is 14.5. The third-order valence-electron chi connectivity index (χ3n) is 4.85. The average molecular weight is 367 g/mol. The summed E-state index contributed by atoms with van der Waals surface area (Å²) in [5.74, 6) is -2.27. The summed E-state index contributed by atoms with van der Waals surface area (Å²) in [5, 5.41) is 11.0. The van der Waals surface area contributed by atoms with Crippen molar-refractivity contribution < 1.29 is 19.1 Å². The van der Waals surface area contributed by atoms with E-state index in [4.69, 9.17) is 0 Å². The molecule has 1 amide bonds. The van der Waals surface area contributed by atoms with E-state index in [2.05, 4.69) is 0 Å². The smallest absolute Gasteiger partial charge is 0.295 e. The molecule has 140 valence electrons. The minimum absolute atomic E-state index is 0.0627. The minimum Gasteiger partial charge on any atom is -0.507 e. The van der Waals surface area contributed by atoms with Crippen molar-refractivity contribution in [1.29, 1.82) is 0 Å². The molecule has 1 unspecified atom stereocenters. The van der Waals surface area contributed by atoms with Crippen molar-refractivity contribution >= 4 is 17.4 Å². The Bertz CT molecular complexity index is 948. The van der Waals surface area contributed by atoms with Crippen LogP contribution >= 0.6 is 0 Å². The van der Waals surface area contributed by atoms with Crippen LogP contribution in [0.15, 0.2) is 48.0 Å². The van der Waals surface area contributed by atoms with Gasteiger partial charge in [-0.3, -0.25) is 9.59 Å². The molecule has 27 heavy (non-hydrogen) atoms. The first-order valence-corrected chi connectivity index (χ1v) is 8.97. The van der Waals surface area contributed by atoms with Crippen LogP contribution in [-0.4, -0.2) is 28.2 Å². The quantitative estimate of drug-likeness (QED) is 0.499. The molecule has 1 heterocycles. The van der Waals surface area contributed by atoms with E-state index in [1.807, 2.05) is 32.9 Å². The van der Waals surface area contributed by atoms with Gasteiger partial charge in [0, 0.05) is 17.7 Å². The van der Waals surface area contributed by atoms with Crippen LogP contribution in [0.25, 0.3) is 5.76 Å². The predicted molar refractivity (Wildman–Crippen MR) is 102 cm³/mol. The Balaban J connectivity index is 2.27. The lowest BCUT2D eigenvalue weighted by atomic mass is 9.93. The second-order valence-corrected chi connectivity index (χ2v) is 6.83. The standard InChI is InChI=1S/C22H22FNO3/c1-4-11-24-19(15-7-5-6-8-17(15)23)18(21(26)22(24)27)20(25)16-12-13(2)9-10-14(16)3/h5-10,12,19,25H,4,11H2,1-3H3/b20-18+. The molecule has 5 heteroatoms. The van der Waals surface area contributed by atoms with E-state index >= 15 is 0 Å². The Hall–Kier alpha value is -2.95. The Morgan fingerprint density at radius 2 is 1.85 bits per heavy atom. The summed E-state index contributed by atoms with van der Waals surface area (Å²) < 4.78 is 14.5. The number of Topliss-reactive ketones (excluding diaryl/α,β-unsaturated/α-hetero) is 1. The molecule has 2 aromatic carbocycles. The lowest BCUT2D eigenvalue weighted by Crippen LogP contribution is -2.30. The number of benzene rings is 2. The molecule has 0 aromatic heterocycles. The molecule has 1 aliphatic rings. The molecule has 1 atom stereocenters. The van der Waals surface area contributed by atoms with Gasteiger partial charge < -0.3 is 10.0 Å². The number of aryl methyl sites for hydroxylation is 2. The SMILES string of the molecule is CCCN1C(=O)C(=O)/C(=C(/O)c2cc(C)ccc2C)C1c1ccccc1F. The van der Waals surface area contributed by atoms with Gasteiger partial charge in [-0.25, -0.2) is 4.39 Å². The van der Waals surface area contributed by atoms with E-state index in [1.165, 1.54) is 11.0 Å². The number of halogens is 1. The molecular weight excluding hydrogens is 345 g/mol. The zero-order valence-electron chi connectivity index (χ0n) is 15.6. The minimum atomic E-state index is -0.939. The van der Waals surface area contributed by atoms with Gasteiger partial charge in [0.05, 0.1) is 11.6 Å². The molecule has 1 aliphatic heterocycles. The summed E-state index contributed by atoms with van der Waals surface area (Å²) >= 11 is 0. The largest absolute Gasteiger partial charge is 0.507 e. The van der Waals surface area contributed by atoms with Crippen molar-refractivity contribution in [2.75, 3.05) is 6.54 Å². The van der Waals surface area contributed by atoms with Gasteiger partial charge in [-0.15, -0.1) is 0 Å².